The second-order valence-corrected chi connectivity index (χ2v) is 5.83. The highest BCUT2D eigenvalue weighted by Crippen LogP contribution is 2.24. The molecule has 0 spiro atoms. The first-order valence-corrected chi connectivity index (χ1v) is 8.17. The number of nitrogens with two attached hydrogens (primary N) is 1. The van der Waals surface area contributed by atoms with Crippen molar-refractivity contribution in [3.8, 4) is 5.75 Å². The van der Waals surface area contributed by atoms with E-state index in [0.717, 1.165) is 27.9 Å². The molecule has 2 aromatic carbocycles. The summed E-state index contributed by atoms with van der Waals surface area (Å²) in [7, 11) is 1.64. The van der Waals surface area contributed by atoms with E-state index in [1.807, 2.05) is 48.5 Å². The molecule has 3 rings (SSSR count). The van der Waals surface area contributed by atoms with E-state index < -0.39 is 0 Å². The summed E-state index contributed by atoms with van der Waals surface area (Å²) in [5, 5.41) is 1.10. The van der Waals surface area contributed by atoms with Gasteiger partial charge in [-0.05, 0) is 35.9 Å². The molecular formula is C20H21N3O2. The number of pyridine rings is 1. The minimum Gasteiger partial charge on any atom is -0.497 e. The number of ether oxygens (including phenoxy) is 1. The maximum absolute atomic E-state index is 11.3. The molecule has 0 unspecified atom stereocenters. The van der Waals surface area contributed by atoms with Gasteiger partial charge in [0, 0.05) is 36.8 Å². The number of hydrogen-bond acceptors (Lipinski definition) is 4. The van der Waals surface area contributed by atoms with Crippen molar-refractivity contribution >= 4 is 22.5 Å². The number of amides is 1. The smallest absolute Gasteiger partial charge is 0.219 e. The Bertz CT molecular complexity index is 857. The van der Waals surface area contributed by atoms with Gasteiger partial charge in [-0.2, -0.15) is 0 Å². The van der Waals surface area contributed by atoms with Crippen molar-refractivity contribution in [2.75, 3.05) is 18.6 Å². The Kier molecular flexibility index (Phi) is 5.14. The molecule has 1 heterocycles. The van der Waals surface area contributed by atoms with Crippen LogP contribution in [0.2, 0.25) is 0 Å². The number of anilines is 1. The van der Waals surface area contributed by atoms with Crippen LogP contribution >= 0.6 is 0 Å². The van der Waals surface area contributed by atoms with Gasteiger partial charge in [0.05, 0.1) is 12.6 Å². The van der Waals surface area contributed by atoms with Crippen molar-refractivity contribution in [1.29, 1.82) is 0 Å². The van der Waals surface area contributed by atoms with Gasteiger partial charge in [-0.3, -0.25) is 9.78 Å². The van der Waals surface area contributed by atoms with E-state index in [1.54, 1.807) is 13.3 Å². The van der Waals surface area contributed by atoms with Crippen LogP contribution in [0.1, 0.15) is 12.0 Å². The van der Waals surface area contributed by atoms with Crippen molar-refractivity contribution < 1.29 is 9.53 Å². The zero-order chi connectivity index (χ0) is 17.6. The summed E-state index contributed by atoms with van der Waals surface area (Å²) in [5.74, 6) is 0.486. The fourth-order valence-electron chi connectivity index (χ4n) is 2.84. The first-order chi connectivity index (χ1) is 12.2. The van der Waals surface area contributed by atoms with Gasteiger partial charge in [0.25, 0.3) is 0 Å². The van der Waals surface area contributed by atoms with Crippen LogP contribution in [0, 0.1) is 0 Å². The summed E-state index contributed by atoms with van der Waals surface area (Å²) >= 11 is 0. The Morgan fingerprint density at radius 1 is 1.12 bits per heavy atom. The summed E-state index contributed by atoms with van der Waals surface area (Å²) in [5.41, 5.74) is 8.44. The molecule has 5 heteroatoms. The first kappa shape index (κ1) is 16.8. The van der Waals surface area contributed by atoms with Crippen LogP contribution in [0.4, 0.5) is 5.69 Å². The highest BCUT2D eigenvalue weighted by atomic mass is 16.5. The molecule has 0 aliphatic carbocycles. The first-order valence-electron chi connectivity index (χ1n) is 8.17. The van der Waals surface area contributed by atoms with Crippen LogP contribution in [0.3, 0.4) is 0 Å². The standard InChI is InChI=1S/C20H21N3O2/c1-25-18-9-7-17(8-10-18)23(13-11-19(21)24)14-16-5-2-4-15-6-3-12-22-20(15)16/h2-10,12H,11,13-14H2,1H3,(H2,21,24). The molecule has 0 aliphatic heterocycles. The summed E-state index contributed by atoms with van der Waals surface area (Å²) < 4.78 is 5.22. The Balaban J connectivity index is 1.91. The molecule has 5 nitrogen and oxygen atoms in total. The van der Waals surface area contributed by atoms with Crippen LogP contribution < -0.4 is 15.4 Å². The third-order valence-electron chi connectivity index (χ3n) is 4.14. The molecular weight excluding hydrogens is 314 g/mol. The second kappa shape index (κ2) is 7.66. The Morgan fingerprint density at radius 3 is 2.60 bits per heavy atom. The van der Waals surface area contributed by atoms with Crippen molar-refractivity contribution in [2.45, 2.75) is 13.0 Å². The van der Waals surface area contributed by atoms with Crippen molar-refractivity contribution in [2.24, 2.45) is 5.73 Å². The average molecular weight is 335 g/mol. The second-order valence-electron chi connectivity index (χ2n) is 5.83. The summed E-state index contributed by atoms with van der Waals surface area (Å²) in [4.78, 5) is 17.9. The largest absolute Gasteiger partial charge is 0.497 e. The molecule has 0 aliphatic rings. The SMILES string of the molecule is COc1ccc(N(CCC(N)=O)Cc2cccc3cccnc23)cc1. The number of fused-ring (bicyclic) bond motifs is 1. The van der Waals surface area contributed by atoms with E-state index in [1.165, 1.54) is 0 Å². The van der Waals surface area contributed by atoms with Crippen molar-refractivity contribution in [3.05, 3.63) is 66.4 Å². The highest BCUT2D eigenvalue weighted by Gasteiger charge is 2.12. The van der Waals surface area contributed by atoms with Crippen LogP contribution in [0.5, 0.6) is 5.75 Å². The summed E-state index contributed by atoms with van der Waals surface area (Å²) in [6, 6.07) is 17.9. The van der Waals surface area contributed by atoms with Crippen LogP contribution in [0.15, 0.2) is 60.8 Å². The summed E-state index contributed by atoms with van der Waals surface area (Å²) in [6.07, 6.45) is 2.09. The molecule has 25 heavy (non-hydrogen) atoms. The average Bonchev–Trinajstić information content (AvgIpc) is 2.65. The lowest BCUT2D eigenvalue weighted by Gasteiger charge is -2.25. The fourth-order valence-corrected chi connectivity index (χ4v) is 2.84. The van der Waals surface area contributed by atoms with Gasteiger partial charge in [-0.15, -0.1) is 0 Å². The van der Waals surface area contributed by atoms with E-state index in [-0.39, 0.29) is 5.91 Å². The van der Waals surface area contributed by atoms with E-state index in [2.05, 4.69) is 16.0 Å². The topological polar surface area (TPSA) is 68.5 Å². The molecule has 2 N–H and O–H groups in total. The molecule has 0 saturated heterocycles. The van der Waals surface area contributed by atoms with Crippen LogP contribution in [-0.2, 0) is 11.3 Å². The molecule has 0 fully saturated rings. The lowest BCUT2D eigenvalue weighted by atomic mass is 10.1. The number of para-hydroxylation sites is 1. The van der Waals surface area contributed by atoms with Crippen molar-refractivity contribution in [1.82, 2.24) is 4.98 Å². The van der Waals surface area contributed by atoms with Crippen LogP contribution in [-0.4, -0.2) is 24.5 Å². The Morgan fingerprint density at radius 2 is 1.88 bits per heavy atom. The van der Waals surface area contributed by atoms with Gasteiger partial charge < -0.3 is 15.4 Å². The Hall–Kier alpha value is -3.08. The Labute approximate surface area is 147 Å². The molecule has 3 aromatic rings. The number of carbonyl (C=O) groups is 1. The molecule has 0 bridgehead atoms. The lowest BCUT2D eigenvalue weighted by molar-refractivity contribution is -0.117. The van der Waals surface area contributed by atoms with Crippen LogP contribution in [0.25, 0.3) is 10.9 Å². The minimum atomic E-state index is -0.311. The third-order valence-corrected chi connectivity index (χ3v) is 4.14. The van der Waals surface area contributed by atoms with E-state index in [9.17, 15) is 4.79 Å². The van der Waals surface area contributed by atoms with Gasteiger partial charge in [-0.25, -0.2) is 0 Å². The zero-order valence-electron chi connectivity index (χ0n) is 14.2. The number of rotatable bonds is 7. The molecule has 128 valence electrons. The normalized spacial score (nSPS) is 10.6. The maximum atomic E-state index is 11.3. The molecule has 0 saturated carbocycles. The van der Waals surface area contributed by atoms with Gasteiger partial charge in [0.2, 0.25) is 5.91 Å². The number of hydrogen-bond donors (Lipinski definition) is 1. The zero-order valence-corrected chi connectivity index (χ0v) is 14.2. The monoisotopic (exact) mass is 335 g/mol. The van der Waals surface area contributed by atoms with Gasteiger partial charge in [-0.1, -0.05) is 24.3 Å². The number of benzene rings is 2. The predicted octanol–water partition coefficient (Wildman–Crippen LogP) is 3.13. The fraction of sp³-hybridized carbons (Fsp3) is 0.200. The molecule has 1 aromatic heterocycles. The minimum absolute atomic E-state index is 0.296. The summed E-state index contributed by atoms with van der Waals surface area (Å²) in [6.45, 7) is 1.19. The molecule has 1 amide bonds. The molecule has 0 radical (unpaired) electrons. The van der Waals surface area contributed by atoms with Gasteiger partial charge >= 0.3 is 0 Å². The van der Waals surface area contributed by atoms with E-state index >= 15 is 0 Å². The van der Waals surface area contributed by atoms with Gasteiger partial charge in [0.15, 0.2) is 0 Å². The number of nitrogens with zero attached hydrogens (tertiary/aromatic N) is 2. The van der Waals surface area contributed by atoms with E-state index in [4.69, 9.17) is 10.5 Å². The van der Waals surface area contributed by atoms with Gasteiger partial charge in [0.1, 0.15) is 5.75 Å². The van der Waals surface area contributed by atoms with Crippen molar-refractivity contribution in [3.63, 3.8) is 0 Å². The number of aromatic nitrogens is 1. The number of primary amides is 1. The van der Waals surface area contributed by atoms with E-state index in [0.29, 0.717) is 19.5 Å². The quantitative estimate of drug-likeness (QED) is 0.720. The number of methoxy groups -OCH3 is 1. The maximum Gasteiger partial charge on any atom is 0.219 e. The molecule has 0 atom stereocenters. The predicted molar refractivity (Wildman–Crippen MR) is 99.6 cm³/mol. The highest BCUT2D eigenvalue weighted by molar-refractivity contribution is 5.82. The number of carbonyl (C=O) groups excluding carboxylic acids is 1. The third kappa shape index (κ3) is 4.07. The lowest BCUT2D eigenvalue weighted by Crippen LogP contribution is -2.27.